The third-order valence-corrected chi connectivity index (χ3v) is 6.46. The highest BCUT2D eigenvalue weighted by Gasteiger charge is 2.19. The van der Waals surface area contributed by atoms with Gasteiger partial charge in [-0.25, -0.2) is 5.09 Å². The Kier molecular flexibility index (Phi) is 12.8. The van der Waals surface area contributed by atoms with Gasteiger partial charge in [0, 0.05) is 11.6 Å². The van der Waals surface area contributed by atoms with Gasteiger partial charge in [0.25, 0.3) is 0 Å². The highest BCUT2D eigenvalue weighted by atomic mass is 35.5. The molecule has 0 spiro atoms. The zero-order valence-electron chi connectivity index (χ0n) is 15.3. The van der Waals surface area contributed by atoms with Crippen LogP contribution in [0, 0.1) is 0 Å². The molecule has 26 heavy (non-hydrogen) atoms. The minimum Gasteiger partial charge on any atom is -0.430 e. The van der Waals surface area contributed by atoms with Gasteiger partial charge in [0.1, 0.15) is 0 Å². The van der Waals surface area contributed by atoms with Crippen LogP contribution in [0.4, 0.5) is 0 Å². The van der Waals surface area contributed by atoms with E-state index in [1.807, 2.05) is 0 Å². The van der Waals surface area contributed by atoms with E-state index in [4.69, 9.17) is 51.1 Å². The minimum atomic E-state index is -3.19. The van der Waals surface area contributed by atoms with Crippen molar-refractivity contribution < 1.29 is 9.42 Å². The average Bonchev–Trinajstić information content (AvgIpc) is 2.56. The van der Waals surface area contributed by atoms with E-state index in [0.29, 0.717) is 11.6 Å². The molecule has 1 rings (SSSR count). The summed E-state index contributed by atoms with van der Waals surface area (Å²) in [4.78, 5) is 10.3. The molecule has 0 aliphatic carbocycles. The van der Waals surface area contributed by atoms with Gasteiger partial charge in [0.15, 0.2) is 5.75 Å². The molecule has 150 valence electrons. The Balaban J connectivity index is 2.18. The average molecular weight is 461 g/mol. The summed E-state index contributed by atoms with van der Waals surface area (Å²) in [5.74, 6) is 0.166. The molecule has 8 heteroatoms. The summed E-state index contributed by atoms with van der Waals surface area (Å²) in [5.41, 5.74) is 0. The van der Waals surface area contributed by atoms with Crippen molar-refractivity contribution in [1.29, 1.82) is 0 Å². The molecule has 0 aromatic heterocycles. The highest BCUT2D eigenvalue weighted by molar-refractivity contribution is 8.08. The lowest BCUT2D eigenvalue weighted by molar-refractivity contribution is 0.462. The maximum Gasteiger partial charge on any atom is 0.310 e. The van der Waals surface area contributed by atoms with Gasteiger partial charge in [-0.2, -0.15) is 0 Å². The summed E-state index contributed by atoms with van der Waals surface area (Å²) in [6, 6.07) is 3.00. The Labute approximate surface area is 178 Å². The Morgan fingerprint density at radius 2 is 1.38 bits per heavy atom. The van der Waals surface area contributed by atoms with Crippen molar-refractivity contribution >= 4 is 53.3 Å². The number of unbranched alkanes of at least 4 members (excludes halogenated alkanes) is 9. The fourth-order valence-electron chi connectivity index (χ4n) is 2.60. The van der Waals surface area contributed by atoms with Crippen LogP contribution in [0.3, 0.4) is 0 Å². The fourth-order valence-corrected chi connectivity index (χ4v) is 5.05. The molecule has 0 bridgehead atoms. The Bertz CT molecular complexity index is 567. The third kappa shape index (κ3) is 10.7. The topological polar surface area (TPSA) is 41.5 Å². The molecule has 1 atom stereocenters. The maximum absolute atomic E-state index is 10.3. The van der Waals surface area contributed by atoms with Gasteiger partial charge in [-0.3, -0.25) is 0 Å². The van der Waals surface area contributed by atoms with Crippen LogP contribution in [0.5, 0.6) is 5.75 Å². The standard InChI is InChI=1S/C18H29Cl3NO2PS/c1-2-3-4-5-6-7-8-9-10-11-12-22-25(23,26)24-18-16(20)13-15(19)14-17(18)21/h13-14H,2-12H2,1H3,(H2,22,23,26). The molecule has 0 saturated heterocycles. The van der Waals surface area contributed by atoms with E-state index >= 15 is 0 Å². The van der Waals surface area contributed by atoms with Gasteiger partial charge in [-0.1, -0.05) is 99.5 Å². The number of halogens is 3. The van der Waals surface area contributed by atoms with Crippen molar-refractivity contribution in [2.75, 3.05) is 6.54 Å². The summed E-state index contributed by atoms with van der Waals surface area (Å²) in [6.07, 6.45) is 12.6. The van der Waals surface area contributed by atoms with Crippen molar-refractivity contribution in [2.45, 2.75) is 71.1 Å². The Hall–Kier alpha value is 0.460. The quantitative estimate of drug-likeness (QED) is 0.220. The number of rotatable bonds is 14. The molecule has 0 amide bonds. The molecule has 1 aromatic carbocycles. The monoisotopic (exact) mass is 459 g/mol. The Morgan fingerprint density at radius 3 is 1.88 bits per heavy atom. The smallest absolute Gasteiger partial charge is 0.310 e. The van der Waals surface area contributed by atoms with Gasteiger partial charge in [-0.05, 0) is 30.4 Å². The molecule has 0 heterocycles. The van der Waals surface area contributed by atoms with Crippen LogP contribution in [0.25, 0.3) is 0 Å². The van der Waals surface area contributed by atoms with Gasteiger partial charge in [0.05, 0.1) is 10.0 Å². The van der Waals surface area contributed by atoms with E-state index < -0.39 is 6.64 Å². The molecule has 0 saturated carbocycles. The van der Waals surface area contributed by atoms with Crippen molar-refractivity contribution in [2.24, 2.45) is 0 Å². The number of hydrogen-bond donors (Lipinski definition) is 2. The first-order valence-electron chi connectivity index (χ1n) is 9.28. The van der Waals surface area contributed by atoms with Crippen LogP contribution in [0.1, 0.15) is 71.1 Å². The van der Waals surface area contributed by atoms with E-state index in [2.05, 4.69) is 12.0 Å². The van der Waals surface area contributed by atoms with Crippen molar-refractivity contribution in [3.05, 3.63) is 27.2 Å². The maximum atomic E-state index is 10.3. The lowest BCUT2D eigenvalue weighted by Gasteiger charge is -2.19. The largest absolute Gasteiger partial charge is 0.430 e. The van der Waals surface area contributed by atoms with Crippen LogP contribution in [0.2, 0.25) is 15.1 Å². The van der Waals surface area contributed by atoms with Gasteiger partial charge in [-0.15, -0.1) is 0 Å². The molecule has 0 fully saturated rings. The molecular weight excluding hydrogens is 432 g/mol. The van der Waals surface area contributed by atoms with Crippen LogP contribution in [-0.2, 0) is 11.8 Å². The lowest BCUT2D eigenvalue weighted by Crippen LogP contribution is -2.15. The molecule has 2 N–H and O–H groups in total. The Morgan fingerprint density at radius 1 is 0.923 bits per heavy atom. The molecule has 0 aliphatic heterocycles. The van der Waals surface area contributed by atoms with E-state index in [1.54, 1.807) is 0 Å². The number of benzene rings is 1. The highest BCUT2D eigenvalue weighted by Crippen LogP contribution is 2.45. The number of nitrogens with one attached hydrogen (secondary N) is 1. The van der Waals surface area contributed by atoms with Gasteiger partial charge >= 0.3 is 6.64 Å². The zero-order valence-corrected chi connectivity index (χ0v) is 19.3. The third-order valence-electron chi connectivity index (χ3n) is 4.02. The zero-order chi connectivity index (χ0) is 19.4. The molecule has 0 radical (unpaired) electrons. The molecule has 3 nitrogen and oxygen atoms in total. The molecule has 0 aliphatic rings. The van der Waals surface area contributed by atoms with Crippen molar-refractivity contribution in [3.63, 3.8) is 0 Å². The van der Waals surface area contributed by atoms with Crippen LogP contribution in [0.15, 0.2) is 12.1 Å². The second-order valence-electron chi connectivity index (χ2n) is 6.40. The van der Waals surface area contributed by atoms with E-state index in [0.717, 1.165) is 12.8 Å². The normalized spacial score (nSPS) is 13.6. The van der Waals surface area contributed by atoms with Crippen molar-refractivity contribution in [1.82, 2.24) is 5.09 Å². The minimum absolute atomic E-state index is 0.166. The first kappa shape index (κ1) is 24.5. The first-order valence-corrected chi connectivity index (χ1v) is 13.1. The fraction of sp³-hybridized carbons (Fsp3) is 0.667. The van der Waals surface area contributed by atoms with Gasteiger partial charge in [0.2, 0.25) is 0 Å². The van der Waals surface area contributed by atoms with Crippen LogP contribution in [-0.4, -0.2) is 11.4 Å². The second kappa shape index (κ2) is 13.6. The number of hydrogen-bond acceptors (Lipinski definition) is 2. The molecule has 1 aromatic rings. The summed E-state index contributed by atoms with van der Waals surface area (Å²) in [6.45, 7) is -0.345. The van der Waals surface area contributed by atoms with E-state index in [-0.39, 0.29) is 15.8 Å². The van der Waals surface area contributed by atoms with Crippen LogP contribution < -0.4 is 9.61 Å². The lowest BCUT2D eigenvalue weighted by atomic mass is 10.1. The van der Waals surface area contributed by atoms with E-state index in [9.17, 15) is 4.89 Å². The summed E-state index contributed by atoms with van der Waals surface area (Å²) < 4.78 is 5.46. The molecular formula is C18H29Cl3NO2PS. The molecule has 1 unspecified atom stereocenters. The predicted octanol–water partition coefficient (Wildman–Crippen LogP) is 7.75. The summed E-state index contributed by atoms with van der Waals surface area (Å²) in [7, 11) is 0. The first-order chi connectivity index (χ1) is 12.4. The SMILES string of the molecule is CCCCCCCCCCCCNP(O)(=S)Oc1c(Cl)cc(Cl)cc1Cl. The van der Waals surface area contributed by atoms with Crippen LogP contribution >= 0.6 is 41.4 Å². The van der Waals surface area contributed by atoms with Crippen molar-refractivity contribution in [3.8, 4) is 5.75 Å². The summed E-state index contributed by atoms with van der Waals surface area (Å²) >= 11 is 23.1. The second-order valence-corrected chi connectivity index (χ2v) is 10.7. The van der Waals surface area contributed by atoms with E-state index in [1.165, 1.54) is 63.5 Å². The summed E-state index contributed by atoms with van der Waals surface area (Å²) in [5, 5.41) is 3.77. The predicted molar refractivity (Wildman–Crippen MR) is 118 cm³/mol. The van der Waals surface area contributed by atoms with Gasteiger partial charge < -0.3 is 9.42 Å².